The number of hydrogen-bond acceptors (Lipinski definition) is 11. The molecule has 0 radical (unpaired) electrons. The van der Waals surface area contributed by atoms with Gasteiger partial charge in [0.15, 0.2) is 0 Å². The standard InChI is InChI=1S/C18H16N4OS.C10H6ClN3OS/c1-12-11-14-16(19-9-7-13-5-3-2-4-6-13)21-17(22-18(14)24-12)15-8-10-20-23-15;1-5-4-6-8(11)13-9(14-10(6)16-5)7-2-3-12-15-7/h2-6,8,10-11H,7,9H2,1H3,(H,19,21,22);2-4H,1H3. The molecule has 0 atom stereocenters. The summed E-state index contributed by atoms with van der Waals surface area (Å²) in [5.74, 6) is 2.97. The van der Waals surface area contributed by atoms with Crippen molar-refractivity contribution in [3.63, 3.8) is 0 Å². The van der Waals surface area contributed by atoms with Crippen LogP contribution < -0.4 is 5.32 Å². The first-order valence-corrected chi connectivity index (χ1v) is 14.4. The SMILES string of the molecule is Cc1cc2c(Cl)nc(-c3ccno3)nc2s1.Cc1cc2c(NCCc3ccccc3)nc(-c3ccno3)nc2s1. The van der Waals surface area contributed by atoms with Crippen LogP contribution in [0, 0.1) is 13.8 Å². The van der Waals surface area contributed by atoms with E-state index in [1.165, 1.54) is 10.4 Å². The zero-order valence-electron chi connectivity index (χ0n) is 21.5. The molecule has 40 heavy (non-hydrogen) atoms. The molecule has 0 unspecified atom stereocenters. The number of aryl methyl sites for hydroxylation is 2. The van der Waals surface area contributed by atoms with Gasteiger partial charge < -0.3 is 14.4 Å². The van der Waals surface area contributed by atoms with Crippen LogP contribution in [0.3, 0.4) is 0 Å². The summed E-state index contributed by atoms with van der Waals surface area (Å²) in [6.45, 7) is 4.89. The van der Waals surface area contributed by atoms with Gasteiger partial charge in [-0.2, -0.15) is 0 Å². The average molecular weight is 588 g/mol. The molecule has 0 spiro atoms. The first-order chi connectivity index (χ1) is 19.5. The number of aromatic nitrogens is 6. The van der Waals surface area contributed by atoms with E-state index in [2.05, 4.69) is 72.8 Å². The van der Waals surface area contributed by atoms with Gasteiger partial charge in [0, 0.05) is 33.8 Å². The van der Waals surface area contributed by atoms with Gasteiger partial charge in [0.2, 0.25) is 23.2 Å². The summed E-state index contributed by atoms with van der Waals surface area (Å²) in [5, 5.41) is 13.2. The van der Waals surface area contributed by atoms with E-state index in [-0.39, 0.29) is 0 Å². The predicted molar refractivity (Wildman–Crippen MR) is 159 cm³/mol. The Morgan fingerprint density at radius 1 is 0.750 bits per heavy atom. The third-order valence-electron chi connectivity index (χ3n) is 5.85. The number of anilines is 1. The summed E-state index contributed by atoms with van der Waals surface area (Å²) >= 11 is 9.32. The maximum Gasteiger partial charge on any atom is 0.204 e. The first-order valence-electron chi connectivity index (χ1n) is 12.4. The highest BCUT2D eigenvalue weighted by molar-refractivity contribution is 7.19. The van der Waals surface area contributed by atoms with Gasteiger partial charge in [-0.25, -0.2) is 19.9 Å². The lowest BCUT2D eigenvalue weighted by atomic mass is 10.1. The lowest BCUT2D eigenvalue weighted by molar-refractivity contribution is 0.429. The van der Waals surface area contributed by atoms with Gasteiger partial charge in [-0.05, 0) is 38.0 Å². The molecule has 0 saturated carbocycles. The van der Waals surface area contributed by atoms with Gasteiger partial charge in [-0.15, -0.1) is 22.7 Å². The molecule has 6 aromatic heterocycles. The second kappa shape index (κ2) is 11.5. The minimum atomic E-state index is 0.445. The molecular weight excluding hydrogens is 566 g/mol. The Hall–Kier alpha value is -4.19. The molecule has 7 rings (SSSR count). The van der Waals surface area contributed by atoms with Crippen molar-refractivity contribution in [3.8, 4) is 23.2 Å². The van der Waals surface area contributed by atoms with Crippen LogP contribution in [0.15, 0.2) is 76.0 Å². The van der Waals surface area contributed by atoms with Crippen LogP contribution in [0.25, 0.3) is 43.6 Å². The lowest BCUT2D eigenvalue weighted by Gasteiger charge is -2.08. The molecule has 9 nitrogen and oxygen atoms in total. The van der Waals surface area contributed by atoms with E-state index in [1.54, 1.807) is 47.2 Å². The Labute approximate surface area is 241 Å². The van der Waals surface area contributed by atoms with E-state index in [1.807, 2.05) is 19.1 Å². The van der Waals surface area contributed by atoms with Crippen molar-refractivity contribution in [2.24, 2.45) is 0 Å². The van der Waals surface area contributed by atoms with E-state index in [9.17, 15) is 0 Å². The Balaban J connectivity index is 0.000000157. The molecular formula is C28H22ClN7O2S2. The average Bonchev–Trinajstić information content (AvgIpc) is 3.76. The fourth-order valence-corrected chi connectivity index (χ4v) is 6.08. The monoisotopic (exact) mass is 587 g/mol. The highest BCUT2D eigenvalue weighted by Gasteiger charge is 2.14. The van der Waals surface area contributed by atoms with Gasteiger partial charge >= 0.3 is 0 Å². The van der Waals surface area contributed by atoms with Crippen LogP contribution in [0.1, 0.15) is 15.3 Å². The molecule has 0 saturated heterocycles. The summed E-state index contributed by atoms with van der Waals surface area (Å²) in [6.07, 6.45) is 4.09. The fourth-order valence-electron chi connectivity index (χ4n) is 4.04. The lowest BCUT2D eigenvalue weighted by Crippen LogP contribution is -2.07. The van der Waals surface area contributed by atoms with Gasteiger partial charge in [0.05, 0.1) is 17.8 Å². The van der Waals surface area contributed by atoms with E-state index >= 15 is 0 Å². The van der Waals surface area contributed by atoms with Gasteiger partial charge in [0.1, 0.15) is 20.6 Å². The van der Waals surface area contributed by atoms with E-state index in [0.717, 1.165) is 44.1 Å². The maximum atomic E-state index is 6.09. The van der Waals surface area contributed by atoms with Gasteiger partial charge in [-0.1, -0.05) is 52.2 Å². The number of rotatable bonds is 6. The smallest absolute Gasteiger partial charge is 0.204 e. The Kier molecular flexibility index (Phi) is 7.49. The van der Waals surface area contributed by atoms with Crippen molar-refractivity contribution in [1.29, 1.82) is 0 Å². The summed E-state index contributed by atoms with van der Waals surface area (Å²) in [6, 6.07) is 18.0. The van der Waals surface area contributed by atoms with Crippen LogP contribution in [0.2, 0.25) is 5.15 Å². The van der Waals surface area contributed by atoms with Gasteiger partial charge in [0.25, 0.3) is 0 Å². The number of hydrogen-bond donors (Lipinski definition) is 1. The first kappa shape index (κ1) is 26.1. The van der Waals surface area contributed by atoms with Crippen molar-refractivity contribution in [3.05, 3.63) is 87.5 Å². The number of benzene rings is 1. The van der Waals surface area contributed by atoms with Crippen LogP contribution in [-0.4, -0.2) is 36.8 Å². The van der Waals surface area contributed by atoms with Crippen LogP contribution in [0.5, 0.6) is 0 Å². The normalized spacial score (nSPS) is 11.1. The third kappa shape index (κ3) is 5.71. The zero-order chi connectivity index (χ0) is 27.5. The fraction of sp³-hybridized carbons (Fsp3) is 0.143. The number of fused-ring (bicyclic) bond motifs is 2. The summed E-state index contributed by atoms with van der Waals surface area (Å²) in [5.41, 5.74) is 1.30. The predicted octanol–water partition coefficient (Wildman–Crippen LogP) is 7.62. The molecule has 0 aliphatic carbocycles. The van der Waals surface area contributed by atoms with Crippen LogP contribution in [0.4, 0.5) is 5.82 Å². The number of halogens is 1. The van der Waals surface area contributed by atoms with E-state index in [4.69, 9.17) is 20.6 Å². The highest BCUT2D eigenvalue weighted by Crippen LogP contribution is 2.32. The van der Waals surface area contributed by atoms with Gasteiger partial charge in [-0.3, -0.25) is 0 Å². The molecule has 200 valence electrons. The highest BCUT2D eigenvalue weighted by atomic mass is 35.5. The minimum absolute atomic E-state index is 0.445. The Morgan fingerprint density at radius 2 is 1.35 bits per heavy atom. The second-order valence-electron chi connectivity index (χ2n) is 8.80. The quantitative estimate of drug-likeness (QED) is 0.196. The summed E-state index contributed by atoms with van der Waals surface area (Å²) in [4.78, 5) is 22.0. The number of thiophene rings is 2. The van der Waals surface area contributed by atoms with Crippen molar-refractivity contribution in [1.82, 2.24) is 30.2 Å². The molecule has 0 aliphatic heterocycles. The topological polar surface area (TPSA) is 116 Å². The molecule has 0 bridgehead atoms. The molecule has 0 fully saturated rings. The molecule has 12 heteroatoms. The van der Waals surface area contributed by atoms with Crippen LogP contribution in [-0.2, 0) is 6.42 Å². The molecule has 7 aromatic rings. The summed E-state index contributed by atoms with van der Waals surface area (Å²) < 4.78 is 10.2. The third-order valence-corrected chi connectivity index (χ3v) is 8.03. The molecule has 1 N–H and O–H groups in total. The van der Waals surface area contributed by atoms with Crippen molar-refractivity contribution in [2.75, 3.05) is 11.9 Å². The summed E-state index contributed by atoms with van der Waals surface area (Å²) in [7, 11) is 0. The van der Waals surface area contributed by atoms with Crippen molar-refractivity contribution >= 4 is 60.5 Å². The van der Waals surface area contributed by atoms with E-state index < -0.39 is 0 Å². The maximum absolute atomic E-state index is 6.09. The Bertz CT molecular complexity index is 1870. The van der Waals surface area contributed by atoms with E-state index in [0.29, 0.717) is 28.3 Å². The molecule has 6 heterocycles. The number of nitrogens with zero attached hydrogens (tertiary/aromatic N) is 6. The molecule has 1 aromatic carbocycles. The number of nitrogens with one attached hydrogen (secondary N) is 1. The zero-order valence-corrected chi connectivity index (χ0v) is 23.8. The van der Waals surface area contributed by atoms with Crippen molar-refractivity contribution < 1.29 is 9.05 Å². The van der Waals surface area contributed by atoms with Crippen molar-refractivity contribution in [2.45, 2.75) is 20.3 Å². The minimum Gasteiger partial charge on any atom is -0.369 e. The second-order valence-corrected chi connectivity index (χ2v) is 11.6. The van der Waals surface area contributed by atoms with Crippen LogP contribution >= 0.6 is 34.3 Å². The molecule has 0 amide bonds. The Morgan fingerprint density at radius 3 is 1.98 bits per heavy atom. The molecule has 0 aliphatic rings. The largest absolute Gasteiger partial charge is 0.369 e.